The fourth-order valence-corrected chi connectivity index (χ4v) is 1.70. The lowest BCUT2D eigenvalue weighted by Gasteiger charge is -2.09. The van der Waals surface area contributed by atoms with Crippen molar-refractivity contribution in [3.05, 3.63) is 33.9 Å². The molecule has 1 aromatic rings. The van der Waals surface area contributed by atoms with Gasteiger partial charge in [-0.1, -0.05) is 6.07 Å². The van der Waals surface area contributed by atoms with Gasteiger partial charge in [-0.2, -0.15) is 0 Å². The summed E-state index contributed by atoms with van der Waals surface area (Å²) in [7, 11) is 1.58. The normalized spacial score (nSPS) is 10.3. The number of rotatable bonds is 10. The van der Waals surface area contributed by atoms with E-state index in [4.69, 9.17) is 14.6 Å². The van der Waals surface area contributed by atoms with Crippen molar-refractivity contribution in [2.24, 2.45) is 0 Å². The number of carbonyl (C=O) groups is 1. The first-order valence-corrected chi connectivity index (χ1v) is 6.39. The molecule has 8 nitrogen and oxygen atoms in total. The smallest absolute Gasteiger partial charge is 0.342 e. The Morgan fingerprint density at radius 2 is 2.14 bits per heavy atom. The minimum Gasteiger partial charge on any atom is -0.477 e. The van der Waals surface area contributed by atoms with Gasteiger partial charge < -0.3 is 19.9 Å². The van der Waals surface area contributed by atoms with Crippen LogP contribution in [0, 0.1) is 10.1 Å². The Morgan fingerprint density at radius 3 is 2.76 bits per heavy atom. The van der Waals surface area contributed by atoms with Gasteiger partial charge in [-0.3, -0.25) is 10.1 Å². The summed E-state index contributed by atoms with van der Waals surface area (Å²) in [5, 5.41) is 22.8. The van der Waals surface area contributed by atoms with Crippen molar-refractivity contribution in [1.82, 2.24) is 0 Å². The van der Waals surface area contributed by atoms with Gasteiger partial charge in [-0.05, 0) is 18.6 Å². The van der Waals surface area contributed by atoms with E-state index in [1.807, 2.05) is 0 Å². The van der Waals surface area contributed by atoms with Gasteiger partial charge >= 0.3 is 11.7 Å². The number of hydrogen-bond acceptors (Lipinski definition) is 6. The second-order valence-electron chi connectivity index (χ2n) is 4.15. The van der Waals surface area contributed by atoms with Crippen LogP contribution < -0.4 is 5.32 Å². The minimum atomic E-state index is -1.33. The molecule has 0 fully saturated rings. The van der Waals surface area contributed by atoms with Crippen molar-refractivity contribution in [1.29, 1.82) is 0 Å². The van der Waals surface area contributed by atoms with Crippen LogP contribution >= 0.6 is 0 Å². The van der Waals surface area contributed by atoms with E-state index in [-0.39, 0.29) is 11.3 Å². The number of anilines is 1. The Labute approximate surface area is 121 Å². The van der Waals surface area contributed by atoms with E-state index in [1.165, 1.54) is 18.2 Å². The van der Waals surface area contributed by atoms with Crippen molar-refractivity contribution in [3.8, 4) is 0 Å². The third kappa shape index (κ3) is 5.36. The molecule has 0 aromatic heterocycles. The van der Waals surface area contributed by atoms with Crippen molar-refractivity contribution >= 4 is 17.3 Å². The number of para-hydroxylation sites is 1. The zero-order chi connectivity index (χ0) is 15.7. The lowest BCUT2D eigenvalue weighted by atomic mass is 10.1. The summed E-state index contributed by atoms with van der Waals surface area (Å²) in [6, 6.07) is 4.16. The molecule has 0 heterocycles. The van der Waals surface area contributed by atoms with Crippen LogP contribution in [0.25, 0.3) is 0 Å². The average molecular weight is 298 g/mol. The quantitative estimate of drug-likeness (QED) is 0.384. The van der Waals surface area contributed by atoms with Crippen LogP contribution in [0.15, 0.2) is 18.2 Å². The van der Waals surface area contributed by atoms with Gasteiger partial charge in [-0.15, -0.1) is 0 Å². The first-order valence-electron chi connectivity index (χ1n) is 6.39. The molecule has 1 rings (SSSR count). The molecule has 0 saturated carbocycles. The second kappa shape index (κ2) is 8.88. The average Bonchev–Trinajstić information content (AvgIpc) is 2.45. The van der Waals surface area contributed by atoms with Crippen LogP contribution in [0.4, 0.5) is 11.4 Å². The molecule has 0 saturated heterocycles. The number of nitrogens with one attached hydrogen (secondary N) is 1. The van der Waals surface area contributed by atoms with E-state index in [2.05, 4.69) is 5.32 Å². The number of carboxylic acids is 1. The molecule has 0 amide bonds. The number of hydrogen-bond donors (Lipinski definition) is 2. The molecule has 0 bridgehead atoms. The maximum absolute atomic E-state index is 11.0. The third-order valence-corrected chi connectivity index (χ3v) is 2.66. The third-order valence-electron chi connectivity index (χ3n) is 2.66. The maximum Gasteiger partial charge on any atom is 0.342 e. The molecule has 1 aromatic carbocycles. The van der Waals surface area contributed by atoms with E-state index >= 15 is 0 Å². The van der Waals surface area contributed by atoms with Crippen LogP contribution in [-0.2, 0) is 9.47 Å². The summed E-state index contributed by atoms with van der Waals surface area (Å²) >= 11 is 0. The highest BCUT2D eigenvalue weighted by atomic mass is 16.6. The molecule has 0 aliphatic carbocycles. The number of methoxy groups -OCH3 is 1. The highest BCUT2D eigenvalue weighted by molar-refractivity contribution is 5.95. The number of ether oxygens (including phenoxy) is 2. The monoisotopic (exact) mass is 298 g/mol. The number of nitro groups is 1. The Morgan fingerprint density at radius 1 is 1.38 bits per heavy atom. The lowest BCUT2D eigenvalue weighted by molar-refractivity contribution is -0.384. The Balaban J connectivity index is 2.57. The highest BCUT2D eigenvalue weighted by Gasteiger charge is 2.23. The predicted octanol–water partition coefficient (Wildman–Crippen LogP) is 1.76. The highest BCUT2D eigenvalue weighted by Crippen LogP contribution is 2.28. The van der Waals surface area contributed by atoms with Crippen LogP contribution in [-0.4, -0.2) is 49.5 Å². The van der Waals surface area contributed by atoms with Crippen LogP contribution in [0.3, 0.4) is 0 Å². The van der Waals surface area contributed by atoms with E-state index < -0.39 is 16.6 Å². The van der Waals surface area contributed by atoms with Gasteiger partial charge in [0.1, 0.15) is 11.3 Å². The second-order valence-corrected chi connectivity index (χ2v) is 4.15. The molecule has 0 aliphatic rings. The largest absolute Gasteiger partial charge is 0.477 e. The molecule has 0 unspecified atom stereocenters. The first-order chi connectivity index (χ1) is 10.1. The summed E-state index contributed by atoms with van der Waals surface area (Å²) in [6.07, 6.45) is 0.637. The van der Waals surface area contributed by atoms with E-state index in [1.54, 1.807) is 7.11 Å². The summed E-state index contributed by atoms with van der Waals surface area (Å²) in [4.78, 5) is 21.3. The molecular formula is C13H18N2O6. The number of aromatic carboxylic acids is 1. The molecule has 116 valence electrons. The number of nitro benzene ring substituents is 1. The fourth-order valence-electron chi connectivity index (χ4n) is 1.70. The number of carboxylic acid groups (broad SMARTS) is 1. The Bertz CT molecular complexity index is 492. The van der Waals surface area contributed by atoms with Crippen molar-refractivity contribution < 1.29 is 24.3 Å². The predicted molar refractivity (Wildman–Crippen MR) is 75.9 cm³/mol. The van der Waals surface area contributed by atoms with Crippen molar-refractivity contribution in [3.63, 3.8) is 0 Å². The molecule has 21 heavy (non-hydrogen) atoms. The van der Waals surface area contributed by atoms with Gasteiger partial charge in [0.25, 0.3) is 0 Å². The summed E-state index contributed by atoms with van der Waals surface area (Å²) in [5.41, 5.74) is -0.566. The molecule has 0 atom stereocenters. The Hall–Kier alpha value is -2.19. The first kappa shape index (κ1) is 16.9. The van der Waals surface area contributed by atoms with Gasteiger partial charge in [0.05, 0.1) is 18.1 Å². The molecule has 0 spiro atoms. The zero-order valence-electron chi connectivity index (χ0n) is 11.7. The summed E-state index contributed by atoms with van der Waals surface area (Å²) in [5.74, 6) is -1.33. The molecule has 0 aliphatic heterocycles. The van der Waals surface area contributed by atoms with Crippen LogP contribution in [0.5, 0.6) is 0 Å². The van der Waals surface area contributed by atoms with E-state index in [0.29, 0.717) is 32.8 Å². The van der Waals surface area contributed by atoms with Gasteiger partial charge in [0, 0.05) is 20.3 Å². The Kier molecular flexibility index (Phi) is 7.13. The topological polar surface area (TPSA) is 111 Å². The number of benzene rings is 1. The summed E-state index contributed by atoms with van der Waals surface area (Å²) < 4.78 is 10.1. The van der Waals surface area contributed by atoms with Crippen molar-refractivity contribution in [2.45, 2.75) is 6.42 Å². The van der Waals surface area contributed by atoms with Crippen LogP contribution in [0.2, 0.25) is 0 Å². The van der Waals surface area contributed by atoms with E-state index in [9.17, 15) is 14.9 Å². The fraction of sp³-hybridized carbons (Fsp3) is 0.462. The van der Waals surface area contributed by atoms with Gasteiger partial charge in [0.2, 0.25) is 0 Å². The minimum absolute atomic E-state index is 0.191. The lowest BCUT2D eigenvalue weighted by Crippen LogP contribution is -2.11. The maximum atomic E-state index is 11.0. The van der Waals surface area contributed by atoms with Gasteiger partial charge in [-0.25, -0.2) is 4.79 Å². The zero-order valence-corrected chi connectivity index (χ0v) is 11.7. The molecule has 0 radical (unpaired) electrons. The SMILES string of the molecule is COCCOCCCNc1cccc(C(=O)O)c1[N+](=O)[O-]. The standard InChI is InChI=1S/C13H18N2O6/c1-20-8-9-21-7-3-6-14-11-5-2-4-10(13(16)17)12(11)15(18)19/h2,4-5,14H,3,6-9H2,1H3,(H,16,17). The van der Waals surface area contributed by atoms with Gasteiger partial charge in [0.15, 0.2) is 0 Å². The van der Waals surface area contributed by atoms with Crippen LogP contribution in [0.1, 0.15) is 16.8 Å². The summed E-state index contributed by atoms with van der Waals surface area (Å²) in [6.45, 7) is 1.93. The van der Waals surface area contributed by atoms with E-state index in [0.717, 1.165) is 0 Å². The molecule has 2 N–H and O–H groups in total. The van der Waals surface area contributed by atoms with Crippen molar-refractivity contribution in [2.75, 3.05) is 38.8 Å². The number of nitrogens with zero attached hydrogens (tertiary/aromatic N) is 1. The molecular weight excluding hydrogens is 280 g/mol. The molecule has 8 heteroatoms.